The molecule has 0 fully saturated rings. The quantitative estimate of drug-likeness (QED) is 0.565. The lowest BCUT2D eigenvalue weighted by molar-refractivity contribution is -0.0879. The molecule has 0 aromatic rings. The lowest BCUT2D eigenvalue weighted by atomic mass is 10.2. The fourth-order valence-electron chi connectivity index (χ4n) is 1.09. The second-order valence-electron chi connectivity index (χ2n) is 3.76. The summed E-state index contributed by atoms with van der Waals surface area (Å²) in [5, 5.41) is 5.10. The molecule has 0 aliphatic heterocycles. The zero-order valence-corrected chi connectivity index (χ0v) is 10.8. The van der Waals surface area contributed by atoms with Gasteiger partial charge in [-0.15, -0.1) is 0 Å². The van der Waals surface area contributed by atoms with Crippen molar-refractivity contribution in [2.24, 2.45) is 0 Å². The SMILES string of the molecule is C=C/C(F)=C(\C)NC(=C)N/C(C)=C/C(=C)C(F)(F)F. The van der Waals surface area contributed by atoms with E-state index < -0.39 is 17.6 Å². The first kappa shape index (κ1) is 17.0. The summed E-state index contributed by atoms with van der Waals surface area (Å²) in [6.07, 6.45) is -2.65. The molecule has 0 aliphatic rings. The van der Waals surface area contributed by atoms with E-state index in [1.807, 2.05) is 0 Å². The van der Waals surface area contributed by atoms with Crippen molar-refractivity contribution >= 4 is 0 Å². The predicted molar refractivity (Wildman–Crippen MR) is 68.4 cm³/mol. The van der Waals surface area contributed by atoms with Crippen LogP contribution in [-0.4, -0.2) is 6.18 Å². The Balaban J connectivity index is 4.63. The van der Waals surface area contributed by atoms with Crippen molar-refractivity contribution in [2.45, 2.75) is 20.0 Å². The molecule has 6 heteroatoms. The number of rotatable bonds is 6. The van der Waals surface area contributed by atoms with Gasteiger partial charge in [0.2, 0.25) is 0 Å². The molecule has 0 atom stereocenters. The summed E-state index contributed by atoms with van der Waals surface area (Å²) in [7, 11) is 0. The molecular formula is C13H16F4N2. The van der Waals surface area contributed by atoms with E-state index >= 15 is 0 Å². The van der Waals surface area contributed by atoms with E-state index in [-0.39, 0.29) is 17.2 Å². The highest BCUT2D eigenvalue weighted by Gasteiger charge is 2.30. The largest absolute Gasteiger partial charge is 0.415 e. The number of halogens is 4. The molecular weight excluding hydrogens is 260 g/mol. The summed E-state index contributed by atoms with van der Waals surface area (Å²) < 4.78 is 49.7. The molecule has 0 rings (SSSR count). The number of nitrogens with one attached hydrogen (secondary N) is 2. The van der Waals surface area contributed by atoms with E-state index in [0.717, 1.165) is 12.2 Å². The highest BCUT2D eigenvalue weighted by atomic mass is 19.4. The monoisotopic (exact) mass is 276 g/mol. The molecule has 0 aromatic carbocycles. The van der Waals surface area contributed by atoms with Crippen molar-refractivity contribution < 1.29 is 17.6 Å². The summed E-state index contributed by atoms with van der Waals surface area (Å²) in [6.45, 7) is 12.5. The van der Waals surface area contributed by atoms with Gasteiger partial charge in [-0.05, 0) is 26.0 Å². The molecule has 106 valence electrons. The Kier molecular flexibility index (Phi) is 6.11. The number of alkyl halides is 3. The number of allylic oxidation sites excluding steroid dienone is 6. The standard InChI is InChI=1S/C13H16F4N2/c1-6-12(14)10(4)19-11(5)18-9(3)7-8(2)13(15,16)17/h6-7,18-19H,1-2,5H2,3-4H3/b9-7+,12-10-. The topological polar surface area (TPSA) is 24.1 Å². The van der Waals surface area contributed by atoms with Crippen molar-refractivity contribution in [3.8, 4) is 0 Å². The molecule has 2 N–H and O–H groups in total. The number of hydrogen-bond donors (Lipinski definition) is 2. The fourth-order valence-corrected chi connectivity index (χ4v) is 1.09. The van der Waals surface area contributed by atoms with E-state index in [2.05, 4.69) is 30.4 Å². The van der Waals surface area contributed by atoms with Gasteiger partial charge in [0.05, 0.1) is 11.4 Å². The Hall–Kier alpha value is -1.98. The van der Waals surface area contributed by atoms with E-state index in [1.54, 1.807) is 0 Å². The van der Waals surface area contributed by atoms with Gasteiger partial charge < -0.3 is 10.6 Å². The molecule has 19 heavy (non-hydrogen) atoms. The lowest BCUT2D eigenvalue weighted by Crippen LogP contribution is -2.23. The third-order valence-electron chi connectivity index (χ3n) is 1.98. The Morgan fingerprint density at radius 3 is 2.05 bits per heavy atom. The van der Waals surface area contributed by atoms with Crippen LogP contribution in [0.1, 0.15) is 13.8 Å². The Morgan fingerprint density at radius 1 is 1.11 bits per heavy atom. The minimum atomic E-state index is -4.48. The Labute approximate surface area is 109 Å². The molecule has 2 nitrogen and oxygen atoms in total. The van der Waals surface area contributed by atoms with E-state index in [4.69, 9.17) is 0 Å². The van der Waals surface area contributed by atoms with Crippen molar-refractivity contribution in [2.75, 3.05) is 0 Å². The first-order chi connectivity index (χ1) is 8.57. The van der Waals surface area contributed by atoms with Crippen molar-refractivity contribution in [3.05, 3.63) is 60.5 Å². The summed E-state index contributed by atoms with van der Waals surface area (Å²) in [4.78, 5) is 0. The fraction of sp³-hybridized carbons (Fsp3) is 0.231. The molecule has 0 aromatic heterocycles. The predicted octanol–water partition coefficient (Wildman–Crippen LogP) is 4.05. The van der Waals surface area contributed by atoms with Crippen LogP contribution in [0.15, 0.2) is 60.5 Å². The van der Waals surface area contributed by atoms with Crippen LogP contribution in [0, 0.1) is 0 Å². The highest BCUT2D eigenvalue weighted by Crippen LogP contribution is 2.25. The van der Waals surface area contributed by atoms with Crippen molar-refractivity contribution in [1.29, 1.82) is 0 Å². The minimum absolute atomic E-state index is 0.137. The summed E-state index contributed by atoms with van der Waals surface area (Å²) in [5.41, 5.74) is -0.670. The van der Waals surface area contributed by atoms with Crippen LogP contribution < -0.4 is 10.6 Å². The molecule has 0 saturated heterocycles. The maximum Gasteiger partial charge on any atom is 0.415 e. The van der Waals surface area contributed by atoms with Crippen molar-refractivity contribution in [1.82, 2.24) is 10.6 Å². The van der Waals surface area contributed by atoms with Gasteiger partial charge in [-0.2, -0.15) is 13.2 Å². The van der Waals surface area contributed by atoms with E-state index in [9.17, 15) is 17.6 Å². The van der Waals surface area contributed by atoms with Gasteiger partial charge in [-0.3, -0.25) is 0 Å². The zero-order valence-electron chi connectivity index (χ0n) is 10.8. The maximum atomic E-state index is 13.0. The molecule has 0 aliphatic carbocycles. The van der Waals surface area contributed by atoms with Gasteiger partial charge in [0.15, 0.2) is 0 Å². The third kappa shape index (κ3) is 6.49. The lowest BCUT2D eigenvalue weighted by Gasteiger charge is -2.14. The molecule has 0 saturated carbocycles. The summed E-state index contributed by atoms with van der Waals surface area (Å²) >= 11 is 0. The zero-order chi connectivity index (χ0) is 15.2. The van der Waals surface area contributed by atoms with Gasteiger partial charge in [0, 0.05) is 11.4 Å². The van der Waals surface area contributed by atoms with Gasteiger partial charge in [-0.25, -0.2) is 4.39 Å². The van der Waals surface area contributed by atoms with E-state index in [1.165, 1.54) is 13.8 Å². The van der Waals surface area contributed by atoms with Crippen LogP contribution in [0.4, 0.5) is 17.6 Å². The van der Waals surface area contributed by atoms with Gasteiger partial charge in [0.25, 0.3) is 0 Å². The van der Waals surface area contributed by atoms with Gasteiger partial charge in [-0.1, -0.05) is 19.7 Å². The average Bonchev–Trinajstić information content (AvgIpc) is 2.25. The molecule has 0 spiro atoms. The smallest absolute Gasteiger partial charge is 0.346 e. The molecule has 0 bridgehead atoms. The van der Waals surface area contributed by atoms with Crippen LogP contribution in [0.5, 0.6) is 0 Å². The highest BCUT2D eigenvalue weighted by molar-refractivity contribution is 5.25. The summed E-state index contributed by atoms with van der Waals surface area (Å²) in [5.74, 6) is -0.442. The Morgan fingerprint density at radius 2 is 1.63 bits per heavy atom. The van der Waals surface area contributed by atoms with Gasteiger partial charge in [0.1, 0.15) is 5.83 Å². The molecule has 0 amide bonds. The number of hydrogen-bond acceptors (Lipinski definition) is 2. The molecule has 0 heterocycles. The first-order valence-corrected chi connectivity index (χ1v) is 5.24. The van der Waals surface area contributed by atoms with Crippen LogP contribution in [0.2, 0.25) is 0 Å². The van der Waals surface area contributed by atoms with E-state index in [0.29, 0.717) is 0 Å². The van der Waals surface area contributed by atoms with Crippen LogP contribution in [0.25, 0.3) is 0 Å². The second-order valence-corrected chi connectivity index (χ2v) is 3.76. The summed E-state index contributed by atoms with van der Waals surface area (Å²) in [6, 6.07) is 0. The maximum absolute atomic E-state index is 13.0. The normalized spacial score (nSPS) is 13.5. The average molecular weight is 276 g/mol. The first-order valence-electron chi connectivity index (χ1n) is 5.24. The van der Waals surface area contributed by atoms with Crippen molar-refractivity contribution in [3.63, 3.8) is 0 Å². The molecule has 0 radical (unpaired) electrons. The van der Waals surface area contributed by atoms with Crippen LogP contribution in [0.3, 0.4) is 0 Å². The van der Waals surface area contributed by atoms with Crippen LogP contribution in [-0.2, 0) is 0 Å². The molecule has 0 unspecified atom stereocenters. The minimum Gasteiger partial charge on any atom is -0.346 e. The van der Waals surface area contributed by atoms with Crippen LogP contribution >= 0.6 is 0 Å². The third-order valence-corrected chi connectivity index (χ3v) is 1.98. The Bertz CT molecular complexity index is 442. The second kappa shape index (κ2) is 6.82. The van der Waals surface area contributed by atoms with Gasteiger partial charge >= 0.3 is 6.18 Å².